The Morgan fingerprint density at radius 2 is 2.25 bits per heavy atom. The SMILES string of the molecule is CCOC(=O)c1ccc2nnc(C)n2c1Cl. The van der Waals surface area contributed by atoms with Crippen molar-refractivity contribution in [3.8, 4) is 0 Å². The van der Waals surface area contributed by atoms with Gasteiger partial charge in [-0.05, 0) is 26.0 Å². The van der Waals surface area contributed by atoms with E-state index in [0.29, 0.717) is 23.6 Å². The summed E-state index contributed by atoms with van der Waals surface area (Å²) in [6.45, 7) is 3.82. The molecule has 0 unspecified atom stereocenters. The van der Waals surface area contributed by atoms with Crippen molar-refractivity contribution in [2.24, 2.45) is 0 Å². The summed E-state index contributed by atoms with van der Waals surface area (Å²) in [5.41, 5.74) is 0.925. The van der Waals surface area contributed by atoms with Gasteiger partial charge in [0.15, 0.2) is 5.65 Å². The third kappa shape index (κ3) is 1.63. The van der Waals surface area contributed by atoms with Gasteiger partial charge in [0.1, 0.15) is 11.0 Å². The Labute approximate surface area is 97.0 Å². The summed E-state index contributed by atoms with van der Waals surface area (Å²) >= 11 is 6.10. The van der Waals surface area contributed by atoms with Gasteiger partial charge in [-0.2, -0.15) is 0 Å². The summed E-state index contributed by atoms with van der Waals surface area (Å²) in [4.78, 5) is 11.6. The molecule has 0 aliphatic carbocycles. The summed E-state index contributed by atoms with van der Waals surface area (Å²) < 4.78 is 6.50. The third-order valence-corrected chi connectivity index (χ3v) is 2.54. The molecule has 84 valence electrons. The number of ether oxygens (including phenoxy) is 1. The Hall–Kier alpha value is -1.62. The number of pyridine rings is 1. The fourth-order valence-electron chi connectivity index (χ4n) is 1.44. The van der Waals surface area contributed by atoms with Crippen LogP contribution in [0.25, 0.3) is 5.65 Å². The van der Waals surface area contributed by atoms with E-state index >= 15 is 0 Å². The van der Waals surface area contributed by atoms with Crippen LogP contribution in [0.5, 0.6) is 0 Å². The van der Waals surface area contributed by atoms with Gasteiger partial charge in [0.05, 0.1) is 12.2 Å². The lowest BCUT2D eigenvalue weighted by molar-refractivity contribution is 0.0526. The maximum absolute atomic E-state index is 11.6. The Kier molecular flexibility index (Phi) is 2.78. The number of aryl methyl sites for hydroxylation is 1. The maximum atomic E-state index is 11.6. The fourth-order valence-corrected chi connectivity index (χ4v) is 1.79. The summed E-state index contributed by atoms with van der Waals surface area (Å²) in [6.07, 6.45) is 0. The minimum atomic E-state index is -0.442. The first kappa shape index (κ1) is 10.9. The van der Waals surface area contributed by atoms with Gasteiger partial charge in [-0.1, -0.05) is 11.6 Å². The summed E-state index contributed by atoms with van der Waals surface area (Å²) in [7, 11) is 0. The van der Waals surface area contributed by atoms with Crippen molar-refractivity contribution in [3.05, 3.63) is 28.7 Å². The van der Waals surface area contributed by atoms with Gasteiger partial charge in [0, 0.05) is 0 Å². The molecule has 0 bridgehead atoms. The summed E-state index contributed by atoms with van der Waals surface area (Å²) in [6, 6.07) is 3.27. The molecule has 2 aromatic rings. The van der Waals surface area contributed by atoms with Crippen molar-refractivity contribution in [1.29, 1.82) is 0 Å². The van der Waals surface area contributed by atoms with Crippen molar-refractivity contribution in [2.45, 2.75) is 13.8 Å². The van der Waals surface area contributed by atoms with Crippen LogP contribution in [-0.4, -0.2) is 27.2 Å². The standard InChI is InChI=1S/C10H10ClN3O2/c1-3-16-10(15)7-4-5-8-13-12-6(2)14(8)9(7)11/h4-5H,3H2,1-2H3. The average molecular weight is 240 g/mol. The maximum Gasteiger partial charge on any atom is 0.341 e. The van der Waals surface area contributed by atoms with E-state index in [0.717, 1.165) is 0 Å². The number of hydrogen-bond donors (Lipinski definition) is 0. The highest BCUT2D eigenvalue weighted by molar-refractivity contribution is 6.32. The zero-order chi connectivity index (χ0) is 11.7. The molecular formula is C10H10ClN3O2. The van der Waals surface area contributed by atoms with Crippen molar-refractivity contribution >= 4 is 23.2 Å². The van der Waals surface area contributed by atoms with Crippen LogP contribution in [0.4, 0.5) is 0 Å². The van der Waals surface area contributed by atoms with Crippen molar-refractivity contribution in [2.75, 3.05) is 6.61 Å². The van der Waals surface area contributed by atoms with Crippen LogP contribution in [0.3, 0.4) is 0 Å². The van der Waals surface area contributed by atoms with E-state index in [9.17, 15) is 4.79 Å². The second kappa shape index (κ2) is 4.09. The molecule has 2 rings (SSSR count). The van der Waals surface area contributed by atoms with E-state index in [2.05, 4.69) is 10.2 Å². The second-order valence-electron chi connectivity index (χ2n) is 3.20. The number of carbonyl (C=O) groups excluding carboxylic acids is 1. The zero-order valence-electron chi connectivity index (χ0n) is 8.90. The van der Waals surface area contributed by atoms with Crippen LogP contribution in [0, 0.1) is 6.92 Å². The molecule has 6 heteroatoms. The van der Waals surface area contributed by atoms with E-state index in [4.69, 9.17) is 16.3 Å². The lowest BCUT2D eigenvalue weighted by Gasteiger charge is -2.05. The molecule has 0 spiro atoms. The molecule has 0 aliphatic rings. The number of fused-ring (bicyclic) bond motifs is 1. The van der Waals surface area contributed by atoms with E-state index < -0.39 is 5.97 Å². The minimum absolute atomic E-state index is 0.276. The quantitative estimate of drug-likeness (QED) is 0.593. The lowest BCUT2D eigenvalue weighted by Crippen LogP contribution is -2.07. The van der Waals surface area contributed by atoms with Crippen LogP contribution >= 0.6 is 11.6 Å². The first-order valence-electron chi connectivity index (χ1n) is 4.82. The van der Waals surface area contributed by atoms with Gasteiger partial charge in [-0.15, -0.1) is 10.2 Å². The van der Waals surface area contributed by atoms with Crippen LogP contribution in [-0.2, 0) is 4.74 Å². The Balaban J connectivity index is 2.59. The number of rotatable bonds is 2. The van der Waals surface area contributed by atoms with E-state index in [1.165, 1.54) is 0 Å². The predicted molar refractivity (Wildman–Crippen MR) is 58.7 cm³/mol. The van der Waals surface area contributed by atoms with Gasteiger partial charge < -0.3 is 4.74 Å². The largest absolute Gasteiger partial charge is 0.462 e. The van der Waals surface area contributed by atoms with Crippen LogP contribution in [0.15, 0.2) is 12.1 Å². The normalized spacial score (nSPS) is 10.7. The highest BCUT2D eigenvalue weighted by Gasteiger charge is 2.15. The molecule has 0 aliphatic heterocycles. The Morgan fingerprint density at radius 3 is 2.94 bits per heavy atom. The van der Waals surface area contributed by atoms with Crippen molar-refractivity contribution < 1.29 is 9.53 Å². The minimum Gasteiger partial charge on any atom is -0.462 e. The number of carbonyl (C=O) groups is 1. The molecule has 0 N–H and O–H groups in total. The van der Waals surface area contributed by atoms with Crippen LogP contribution < -0.4 is 0 Å². The molecule has 0 saturated heterocycles. The smallest absolute Gasteiger partial charge is 0.341 e. The van der Waals surface area contributed by atoms with Gasteiger partial charge in [0.25, 0.3) is 0 Å². The first-order chi connectivity index (χ1) is 7.65. The summed E-state index contributed by atoms with van der Waals surface area (Å²) in [5.74, 6) is 0.189. The second-order valence-corrected chi connectivity index (χ2v) is 3.56. The van der Waals surface area contributed by atoms with E-state index in [1.807, 2.05) is 0 Å². The van der Waals surface area contributed by atoms with E-state index in [1.54, 1.807) is 30.4 Å². The zero-order valence-corrected chi connectivity index (χ0v) is 9.65. The molecule has 0 saturated carbocycles. The molecule has 0 atom stereocenters. The fraction of sp³-hybridized carbons (Fsp3) is 0.300. The molecule has 2 aromatic heterocycles. The number of esters is 1. The highest BCUT2D eigenvalue weighted by atomic mass is 35.5. The number of halogens is 1. The van der Waals surface area contributed by atoms with Gasteiger partial charge in [-0.3, -0.25) is 4.40 Å². The van der Waals surface area contributed by atoms with Gasteiger partial charge >= 0.3 is 5.97 Å². The molecule has 0 aromatic carbocycles. The molecule has 0 fully saturated rings. The monoisotopic (exact) mass is 239 g/mol. The lowest BCUT2D eigenvalue weighted by atomic mass is 10.3. The molecule has 16 heavy (non-hydrogen) atoms. The number of hydrogen-bond acceptors (Lipinski definition) is 4. The highest BCUT2D eigenvalue weighted by Crippen LogP contribution is 2.19. The number of nitrogens with zero attached hydrogens (tertiary/aromatic N) is 3. The summed E-state index contributed by atoms with van der Waals surface area (Å²) in [5, 5.41) is 8.06. The molecule has 5 nitrogen and oxygen atoms in total. The van der Waals surface area contributed by atoms with Gasteiger partial charge in [0.2, 0.25) is 0 Å². The Morgan fingerprint density at radius 1 is 1.50 bits per heavy atom. The predicted octanol–water partition coefficient (Wildman–Crippen LogP) is 1.87. The first-order valence-corrected chi connectivity index (χ1v) is 5.20. The molecule has 0 amide bonds. The van der Waals surface area contributed by atoms with Crippen LogP contribution in [0.2, 0.25) is 5.15 Å². The topological polar surface area (TPSA) is 56.5 Å². The van der Waals surface area contributed by atoms with Crippen LogP contribution in [0.1, 0.15) is 23.1 Å². The third-order valence-electron chi connectivity index (χ3n) is 2.16. The molecule has 2 heterocycles. The Bertz CT molecular complexity index is 550. The van der Waals surface area contributed by atoms with Crippen molar-refractivity contribution in [1.82, 2.24) is 14.6 Å². The molecule has 0 radical (unpaired) electrons. The van der Waals surface area contributed by atoms with Crippen molar-refractivity contribution in [3.63, 3.8) is 0 Å². The molecular weight excluding hydrogens is 230 g/mol. The average Bonchev–Trinajstić information content (AvgIpc) is 2.62. The van der Waals surface area contributed by atoms with Gasteiger partial charge in [-0.25, -0.2) is 4.79 Å². The number of aromatic nitrogens is 3. The van der Waals surface area contributed by atoms with E-state index in [-0.39, 0.29) is 5.15 Å².